The highest BCUT2D eigenvalue weighted by Crippen LogP contribution is 2.18. The van der Waals surface area contributed by atoms with Gasteiger partial charge in [-0.1, -0.05) is 41.9 Å². The Bertz CT molecular complexity index is 995. The minimum Gasteiger partial charge on any atom is -0.486 e. The van der Waals surface area contributed by atoms with Crippen molar-refractivity contribution >= 4 is 33.4 Å². The van der Waals surface area contributed by atoms with Crippen LogP contribution in [0.1, 0.15) is 35.7 Å². The van der Waals surface area contributed by atoms with Crippen LogP contribution in [-0.4, -0.2) is 11.8 Å². The third-order valence-electron chi connectivity index (χ3n) is 4.28. The van der Waals surface area contributed by atoms with Crippen LogP contribution in [0.15, 0.2) is 69.6 Å². The zero-order valence-electron chi connectivity index (χ0n) is 16.8. The van der Waals surface area contributed by atoms with Crippen LogP contribution in [0.5, 0.6) is 5.75 Å². The van der Waals surface area contributed by atoms with Gasteiger partial charge in [0, 0.05) is 22.6 Å². The maximum atomic E-state index is 12.3. The van der Waals surface area contributed by atoms with E-state index in [4.69, 9.17) is 9.15 Å². The number of benzene rings is 2. The number of hydrogen-bond donors (Lipinski definition) is 2. The molecule has 1 heterocycles. The Morgan fingerprint density at radius 1 is 1.00 bits per heavy atom. The number of hydrogen-bond acceptors (Lipinski definition) is 4. The van der Waals surface area contributed by atoms with Crippen molar-refractivity contribution in [1.82, 2.24) is 5.32 Å². The molecule has 156 valence electrons. The van der Waals surface area contributed by atoms with Crippen molar-refractivity contribution in [1.29, 1.82) is 0 Å². The average molecular weight is 471 g/mol. The maximum absolute atomic E-state index is 12.3. The molecule has 0 bridgehead atoms. The van der Waals surface area contributed by atoms with Crippen LogP contribution in [-0.2, 0) is 17.9 Å². The van der Waals surface area contributed by atoms with E-state index in [-0.39, 0.29) is 30.1 Å². The van der Waals surface area contributed by atoms with E-state index >= 15 is 0 Å². The lowest BCUT2D eigenvalue weighted by atomic mass is 10.1. The number of halogens is 1. The highest BCUT2D eigenvalue weighted by molar-refractivity contribution is 9.10. The lowest BCUT2D eigenvalue weighted by Crippen LogP contribution is -2.22. The van der Waals surface area contributed by atoms with E-state index in [9.17, 15) is 9.59 Å². The summed E-state index contributed by atoms with van der Waals surface area (Å²) in [5.74, 6) is 1.09. The molecule has 2 aromatic carbocycles. The largest absolute Gasteiger partial charge is 0.486 e. The van der Waals surface area contributed by atoms with Crippen molar-refractivity contribution in [2.75, 3.05) is 5.32 Å². The minimum absolute atomic E-state index is 0.0335. The molecule has 6 nitrogen and oxygen atoms in total. The molecule has 7 heteroatoms. The summed E-state index contributed by atoms with van der Waals surface area (Å²) < 4.78 is 12.2. The predicted molar refractivity (Wildman–Crippen MR) is 118 cm³/mol. The zero-order valence-corrected chi connectivity index (χ0v) is 18.4. The highest BCUT2D eigenvalue weighted by atomic mass is 79.9. The molecule has 0 aliphatic rings. The monoisotopic (exact) mass is 470 g/mol. The van der Waals surface area contributed by atoms with Gasteiger partial charge in [-0.05, 0) is 54.1 Å². The second kappa shape index (κ2) is 10.1. The molecule has 3 rings (SSSR count). The van der Waals surface area contributed by atoms with Crippen LogP contribution in [0.2, 0.25) is 0 Å². The van der Waals surface area contributed by atoms with Gasteiger partial charge in [0.25, 0.3) is 5.91 Å². The molecule has 0 fully saturated rings. The number of rotatable bonds is 8. The fourth-order valence-electron chi connectivity index (χ4n) is 2.52. The highest BCUT2D eigenvalue weighted by Gasteiger charge is 2.12. The SMILES string of the molecule is CC(C)C(=O)Nc1ccc(CNC(=O)c2ccc(COc3ccc(Br)cc3)o2)cc1. The number of carbonyl (C=O) groups is 2. The van der Waals surface area contributed by atoms with Gasteiger partial charge in [0.05, 0.1) is 0 Å². The van der Waals surface area contributed by atoms with Gasteiger partial charge in [-0.25, -0.2) is 0 Å². The second-order valence-electron chi connectivity index (χ2n) is 7.03. The summed E-state index contributed by atoms with van der Waals surface area (Å²) in [6, 6.07) is 18.2. The first-order valence-corrected chi connectivity index (χ1v) is 10.3. The summed E-state index contributed by atoms with van der Waals surface area (Å²) in [5, 5.41) is 5.65. The van der Waals surface area contributed by atoms with E-state index in [0.717, 1.165) is 15.7 Å². The van der Waals surface area contributed by atoms with Gasteiger partial charge in [-0.15, -0.1) is 0 Å². The van der Waals surface area contributed by atoms with Gasteiger partial charge in [0.2, 0.25) is 5.91 Å². The standard InChI is InChI=1S/C23H23BrN2O4/c1-15(2)22(27)26-18-7-3-16(4-8-18)13-25-23(28)21-12-11-20(30-21)14-29-19-9-5-17(24)6-10-19/h3-12,15H,13-14H2,1-2H3,(H,25,28)(H,26,27). The molecular formula is C23H23BrN2O4. The van der Waals surface area contributed by atoms with Crippen molar-refractivity contribution < 1.29 is 18.7 Å². The van der Waals surface area contributed by atoms with E-state index in [0.29, 0.717) is 18.1 Å². The third-order valence-corrected chi connectivity index (χ3v) is 4.81. The second-order valence-corrected chi connectivity index (χ2v) is 7.95. The average Bonchev–Trinajstić information content (AvgIpc) is 3.22. The Balaban J connectivity index is 1.48. The molecule has 30 heavy (non-hydrogen) atoms. The molecule has 0 radical (unpaired) electrons. The summed E-state index contributed by atoms with van der Waals surface area (Å²) >= 11 is 3.37. The molecule has 0 atom stereocenters. The Kier molecular flexibility index (Phi) is 7.30. The van der Waals surface area contributed by atoms with Crippen LogP contribution >= 0.6 is 15.9 Å². The summed E-state index contributed by atoms with van der Waals surface area (Å²) in [6.07, 6.45) is 0. The van der Waals surface area contributed by atoms with Crippen LogP contribution in [0, 0.1) is 5.92 Å². The first-order valence-electron chi connectivity index (χ1n) is 9.56. The Hall–Kier alpha value is -3.06. The van der Waals surface area contributed by atoms with E-state index in [1.165, 1.54) is 0 Å². The molecular weight excluding hydrogens is 448 g/mol. The summed E-state index contributed by atoms with van der Waals surface area (Å²) in [5.41, 5.74) is 1.64. The summed E-state index contributed by atoms with van der Waals surface area (Å²) in [6.45, 7) is 4.26. The van der Waals surface area contributed by atoms with Gasteiger partial charge >= 0.3 is 0 Å². The quantitative estimate of drug-likeness (QED) is 0.477. The van der Waals surface area contributed by atoms with Crippen molar-refractivity contribution in [3.63, 3.8) is 0 Å². The van der Waals surface area contributed by atoms with Crippen molar-refractivity contribution in [2.45, 2.75) is 27.0 Å². The normalized spacial score (nSPS) is 10.7. The number of furan rings is 1. The molecule has 2 amide bonds. The number of carbonyl (C=O) groups excluding carboxylic acids is 2. The van der Waals surface area contributed by atoms with Gasteiger partial charge in [0.15, 0.2) is 5.76 Å². The van der Waals surface area contributed by atoms with Crippen molar-refractivity contribution in [3.05, 3.63) is 82.2 Å². The molecule has 3 aromatic rings. The van der Waals surface area contributed by atoms with Crippen LogP contribution in [0.4, 0.5) is 5.69 Å². The topological polar surface area (TPSA) is 80.6 Å². The van der Waals surface area contributed by atoms with Crippen LogP contribution in [0.3, 0.4) is 0 Å². The van der Waals surface area contributed by atoms with Gasteiger partial charge < -0.3 is 19.8 Å². The van der Waals surface area contributed by atoms with Crippen LogP contribution in [0.25, 0.3) is 0 Å². The molecule has 0 saturated heterocycles. The smallest absolute Gasteiger partial charge is 0.287 e. The number of nitrogens with one attached hydrogen (secondary N) is 2. The van der Waals surface area contributed by atoms with Crippen molar-refractivity contribution in [3.8, 4) is 5.75 Å². The molecule has 0 saturated carbocycles. The van der Waals surface area contributed by atoms with E-state index < -0.39 is 0 Å². The number of ether oxygens (including phenoxy) is 1. The van der Waals surface area contributed by atoms with E-state index in [1.807, 2.05) is 62.4 Å². The Morgan fingerprint density at radius 2 is 1.70 bits per heavy atom. The molecule has 0 aliphatic carbocycles. The minimum atomic E-state index is -0.304. The fraction of sp³-hybridized carbons (Fsp3) is 0.217. The van der Waals surface area contributed by atoms with Crippen molar-refractivity contribution in [2.24, 2.45) is 5.92 Å². The Morgan fingerprint density at radius 3 is 2.37 bits per heavy atom. The molecule has 0 aliphatic heterocycles. The molecule has 2 N–H and O–H groups in total. The first-order chi connectivity index (χ1) is 14.4. The lowest BCUT2D eigenvalue weighted by Gasteiger charge is -2.09. The predicted octanol–water partition coefficient (Wildman–Crippen LogP) is 5.15. The number of amides is 2. The summed E-state index contributed by atoms with van der Waals surface area (Å²) in [4.78, 5) is 24.0. The van der Waals surface area contributed by atoms with E-state index in [2.05, 4.69) is 26.6 Å². The van der Waals surface area contributed by atoms with Crippen LogP contribution < -0.4 is 15.4 Å². The molecule has 0 spiro atoms. The molecule has 1 aromatic heterocycles. The van der Waals surface area contributed by atoms with Gasteiger partial charge in [-0.2, -0.15) is 0 Å². The Labute approximate surface area is 183 Å². The third kappa shape index (κ3) is 6.22. The fourth-order valence-corrected chi connectivity index (χ4v) is 2.79. The number of anilines is 1. The summed E-state index contributed by atoms with van der Waals surface area (Å²) in [7, 11) is 0. The maximum Gasteiger partial charge on any atom is 0.287 e. The van der Waals surface area contributed by atoms with E-state index in [1.54, 1.807) is 12.1 Å². The zero-order chi connectivity index (χ0) is 21.5. The van der Waals surface area contributed by atoms with Gasteiger partial charge in [-0.3, -0.25) is 9.59 Å². The first kappa shape index (κ1) is 21.6. The van der Waals surface area contributed by atoms with Gasteiger partial charge in [0.1, 0.15) is 18.1 Å². The lowest BCUT2D eigenvalue weighted by molar-refractivity contribution is -0.118. The molecule has 0 unspecified atom stereocenters.